The maximum absolute atomic E-state index is 4.15. The molecule has 0 aromatic heterocycles. The smallest absolute Gasteiger partial charge is 0.0582 e. The maximum Gasteiger partial charge on any atom is 0.0582 e. The van der Waals surface area contributed by atoms with Gasteiger partial charge in [0.15, 0.2) is 0 Å². The fourth-order valence-electron chi connectivity index (χ4n) is 5.80. The SMILES string of the molecule is c1ccc(C(N[C@H](c2ccccc2)[C@H](NC(c2ccccc2)c2ccccc2)c2ccccc2)c2ccccc2)cc1. The molecule has 6 rings (SSSR count). The molecule has 2 atom stereocenters. The second kappa shape index (κ2) is 13.7. The van der Waals surface area contributed by atoms with Crippen LogP contribution in [0.15, 0.2) is 182 Å². The first-order valence-corrected chi connectivity index (χ1v) is 14.7. The Balaban J connectivity index is 1.49. The first-order valence-electron chi connectivity index (χ1n) is 14.7. The molecule has 0 unspecified atom stereocenters. The quantitative estimate of drug-likeness (QED) is 0.170. The maximum atomic E-state index is 4.15. The lowest BCUT2D eigenvalue weighted by Crippen LogP contribution is -2.39. The van der Waals surface area contributed by atoms with Crippen molar-refractivity contribution in [3.05, 3.63) is 215 Å². The Morgan fingerprint density at radius 3 is 0.643 bits per heavy atom. The molecule has 0 aliphatic carbocycles. The lowest BCUT2D eigenvalue weighted by molar-refractivity contribution is 0.346. The molecule has 0 amide bonds. The van der Waals surface area contributed by atoms with Gasteiger partial charge in [-0.1, -0.05) is 182 Å². The molecule has 0 radical (unpaired) electrons. The second-order valence-electron chi connectivity index (χ2n) is 10.6. The summed E-state index contributed by atoms with van der Waals surface area (Å²) in [6.45, 7) is 0. The predicted molar refractivity (Wildman–Crippen MR) is 174 cm³/mol. The van der Waals surface area contributed by atoms with Crippen LogP contribution in [0.3, 0.4) is 0 Å². The summed E-state index contributed by atoms with van der Waals surface area (Å²) < 4.78 is 0. The molecule has 6 aromatic rings. The molecule has 0 spiro atoms. The molecule has 0 fully saturated rings. The van der Waals surface area contributed by atoms with Gasteiger partial charge in [-0.25, -0.2) is 0 Å². The van der Waals surface area contributed by atoms with E-state index in [-0.39, 0.29) is 24.2 Å². The molecule has 0 bridgehead atoms. The topological polar surface area (TPSA) is 24.1 Å². The molecule has 42 heavy (non-hydrogen) atoms. The molecule has 0 aliphatic rings. The lowest BCUT2D eigenvalue weighted by Gasteiger charge is -2.36. The van der Waals surface area contributed by atoms with Crippen molar-refractivity contribution in [1.29, 1.82) is 0 Å². The normalized spacial score (nSPS) is 12.7. The minimum absolute atomic E-state index is 0.00230. The van der Waals surface area contributed by atoms with Crippen LogP contribution >= 0.6 is 0 Å². The van der Waals surface area contributed by atoms with Crippen LogP contribution in [-0.4, -0.2) is 0 Å². The lowest BCUT2D eigenvalue weighted by atomic mass is 9.88. The monoisotopic (exact) mass is 544 g/mol. The van der Waals surface area contributed by atoms with Crippen LogP contribution in [0.5, 0.6) is 0 Å². The fraction of sp³-hybridized carbons (Fsp3) is 0.100. The highest BCUT2D eigenvalue weighted by Crippen LogP contribution is 2.37. The zero-order valence-electron chi connectivity index (χ0n) is 23.6. The summed E-state index contributed by atoms with van der Waals surface area (Å²) in [7, 11) is 0. The highest BCUT2D eigenvalue weighted by molar-refractivity contribution is 5.37. The van der Waals surface area contributed by atoms with E-state index in [0.717, 1.165) is 0 Å². The zero-order valence-corrected chi connectivity index (χ0v) is 23.6. The molecular formula is C40H36N2. The van der Waals surface area contributed by atoms with E-state index < -0.39 is 0 Å². The van der Waals surface area contributed by atoms with Gasteiger partial charge >= 0.3 is 0 Å². The average molecular weight is 545 g/mol. The van der Waals surface area contributed by atoms with Crippen molar-refractivity contribution in [2.75, 3.05) is 0 Å². The number of nitrogens with one attached hydrogen (secondary N) is 2. The summed E-state index contributed by atoms with van der Waals surface area (Å²) in [5.74, 6) is 0. The van der Waals surface area contributed by atoms with Crippen LogP contribution in [0.25, 0.3) is 0 Å². The van der Waals surface area contributed by atoms with Crippen molar-refractivity contribution in [1.82, 2.24) is 10.6 Å². The largest absolute Gasteiger partial charge is 0.298 e. The third kappa shape index (κ3) is 6.58. The van der Waals surface area contributed by atoms with Crippen molar-refractivity contribution in [2.45, 2.75) is 24.2 Å². The van der Waals surface area contributed by atoms with E-state index in [0.29, 0.717) is 0 Å². The summed E-state index contributed by atoms with van der Waals surface area (Å²) in [5, 5.41) is 8.29. The van der Waals surface area contributed by atoms with E-state index in [9.17, 15) is 0 Å². The highest BCUT2D eigenvalue weighted by Gasteiger charge is 2.31. The molecule has 0 heterocycles. The van der Waals surface area contributed by atoms with Crippen molar-refractivity contribution in [3.63, 3.8) is 0 Å². The molecule has 0 saturated carbocycles. The Labute approximate surface area is 249 Å². The summed E-state index contributed by atoms with van der Waals surface area (Å²) in [6, 6.07) is 64.6. The highest BCUT2D eigenvalue weighted by atomic mass is 15.1. The van der Waals surface area contributed by atoms with Gasteiger partial charge in [-0.3, -0.25) is 10.6 Å². The third-order valence-electron chi connectivity index (χ3n) is 7.87. The van der Waals surface area contributed by atoms with Gasteiger partial charge in [0, 0.05) is 0 Å². The Kier molecular flexibility index (Phi) is 8.96. The van der Waals surface area contributed by atoms with Crippen molar-refractivity contribution < 1.29 is 0 Å². The first-order chi connectivity index (χ1) is 20.9. The summed E-state index contributed by atoms with van der Waals surface area (Å²) in [5.41, 5.74) is 7.41. The van der Waals surface area contributed by atoms with Gasteiger partial charge in [-0.15, -0.1) is 0 Å². The van der Waals surface area contributed by atoms with Crippen LogP contribution in [0.1, 0.15) is 57.5 Å². The van der Waals surface area contributed by atoms with Crippen molar-refractivity contribution in [3.8, 4) is 0 Å². The Hall–Kier alpha value is -4.76. The van der Waals surface area contributed by atoms with E-state index in [2.05, 4.69) is 193 Å². The zero-order chi connectivity index (χ0) is 28.4. The van der Waals surface area contributed by atoms with Gasteiger partial charge in [0.2, 0.25) is 0 Å². The molecule has 2 N–H and O–H groups in total. The molecule has 206 valence electrons. The molecular weight excluding hydrogens is 508 g/mol. The van der Waals surface area contributed by atoms with Gasteiger partial charge in [-0.2, -0.15) is 0 Å². The van der Waals surface area contributed by atoms with Gasteiger partial charge < -0.3 is 0 Å². The van der Waals surface area contributed by atoms with Crippen molar-refractivity contribution in [2.24, 2.45) is 0 Å². The number of rotatable bonds is 11. The Morgan fingerprint density at radius 2 is 0.429 bits per heavy atom. The van der Waals surface area contributed by atoms with Crippen LogP contribution in [0, 0.1) is 0 Å². The standard InChI is InChI=1S/C40H36N2/c1-7-19-31(20-8-1)37(32-21-9-2-10-22-32)41-39(35-27-15-5-16-28-35)40(36-29-17-6-18-30-36)42-38(33-23-11-3-12-24-33)34-25-13-4-14-26-34/h1-30,37-42H/t39-,40-/m1/s1. The van der Waals surface area contributed by atoms with Crippen molar-refractivity contribution >= 4 is 0 Å². The average Bonchev–Trinajstić information content (AvgIpc) is 3.09. The molecule has 6 aromatic carbocycles. The van der Waals surface area contributed by atoms with Gasteiger partial charge in [0.25, 0.3) is 0 Å². The number of hydrogen-bond donors (Lipinski definition) is 2. The van der Waals surface area contributed by atoms with E-state index in [1.54, 1.807) is 0 Å². The summed E-state index contributed by atoms with van der Waals surface area (Å²) >= 11 is 0. The Morgan fingerprint density at radius 1 is 0.238 bits per heavy atom. The number of benzene rings is 6. The fourth-order valence-corrected chi connectivity index (χ4v) is 5.80. The van der Waals surface area contributed by atoms with Gasteiger partial charge in [0.05, 0.1) is 24.2 Å². The van der Waals surface area contributed by atoms with Crippen LogP contribution in [0.4, 0.5) is 0 Å². The second-order valence-corrected chi connectivity index (χ2v) is 10.6. The molecule has 0 saturated heterocycles. The minimum Gasteiger partial charge on any atom is -0.298 e. The van der Waals surface area contributed by atoms with E-state index in [1.807, 2.05) is 0 Å². The van der Waals surface area contributed by atoms with Crippen LogP contribution in [0.2, 0.25) is 0 Å². The molecule has 2 nitrogen and oxygen atoms in total. The first kappa shape index (κ1) is 27.4. The van der Waals surface area contributed by atoms with E-state index in [1.165, 1.54) is 33.4 Å². The molecule has 2 heteroatoms. The summed E-state index contributed by atoms with van der Waals surface area (Å²) in [4.78, 5) is 0. The molecule has 0 aliphatic heterocycles. The minimum atomic E-state index is -0.0473. The van der Waals surface area contributed by atoms with Crippen LogP contribution in [-0.2, 0) is 0 Å². The Bertz CT molecular complexity index is 1400. The van der Waals surface area contributed by atoms with Gasteiger partial charge in [-0.05, 0) is 33.4 Å². The van der Waals surface area contributed by atoms with E-state index >= 15 is 0 Å². The van der Waals surface area contributed by atoms with Gasteiger partial charge in [0.1, 0.15) is 0 Å². The van der Waals surface area contributed by atoms with Crippen LogP contribution < -0.4 is 10.6 Å². The van der Waals surface area contributed by atoms with E-state index in [4.69, 9.17) is 0 Å². The third-order valence-corrected chi connectivity index (χ3v) is 7.87. The number of hydrogen-bond acceptors (Lipinski definition) is 2. The predicted octanol–water partition coefficient (Wildman–Crippen LogP) is 9.23. The summed E-state index contributed by atoms with van der Waals surface area (Å²) in [6.07, 6.45) is 0.